The van der Waals surface area contributed by atoms with Crippen molar-refractivity contribution in [2.45, 2.75) is 39.5 Å². The summed E-state index contributed by atoms with van der Waals surface area (Å²) in [5.41, 5.74) is 2.26. The molecule has 1 unspecified atom stereocenters. The van der Waals surface area contributed by atoms with Gasteiger partial charge in [-0.15, -0.1) is 0 Å². The first kappa shape index (κ1) is 13.3. The van der Waals surface area contributed by atoms with Gasteiger partial charge >= 0.3 is 0 Å². The Morgan fingerprint density at radius 1 is 1.28 bits per heavy atom. The van der Waals surface area contributed by atoms with Crippen LogP contribution in [0.1, 0.15) is 38.1 Å². The molecule has 1 aliphatic heterocycles. The van der Waals surface area contributed by atoms with Crippen LogP contribution >= 0.6 is 0 Å². The molecule has 0 amide bonds. The molecule has 1 aromatic heterocycles. The van der Waals surface area contributed by atoms with Gasteiger partial charge < -0.3 is 10.6 Å². The molecule has 0 bridgehead atoms. The normalized spacial score (nSPS) is 19.1. The third kappa shape index (κ3) is 3.67. The van der Waals surface area contributed by atoms with Gasteiger partial charge in [-0.3, -0.25) is 0 Å². The third-order valence-electron chi connectivity index (χ3n) is 3.55. The maximum atomic E-state index is 4.53. The summed E-state index contributed by atoms with van der Waals surface area (Å²) in [4.78, 5) is 9.05. The zero-order chi connectivity index (χ0) is 12.8. The van der Waals surface area contributed by atoms with E-state index in [4.69, 9.17) is 0 Å². The van der Waals surface area contributed by atoms with Crippen molar-refractivity contribution in [3.05, 3.63) is 17.5 Å². The summed E-state index contributed by atoms with van der Waals surface area (Å²) in [6, 6.07) is 2.10. The Bertz CT molecular complexity index is 350. The van der Waals surface area contributed by atoms with Crippen LogP contribution in [0.3, 0.4) is 0 Å². The van der Waals surface area contributed by atoms with E-state index in [-0.39, 0.29) is 0 Å². The van der Waals surface area contributed by atoms with Crippen LogP contribution in [0.5, 0.6) is 0 Å². The minimum absolute atomic E-state index is 0.803. The molecule has 1 aromatic rings. The zero-order valence-electron chi connectivity index (χ0n) is 11.5. The summed E-state index contributed by atoms with van der Waals surface area (Å²) in [7, 11) is 0. The van der Waals surface area contributed by atoms with Crippen LogP contribution in [-0.4, -0.2) is 29.6 Å². The monoisotopic (exact) mass is 248 g/mol. The lowest BCUT2D eigenvalue weighted by molar-refractivity contribution is 0.548. The van der Waals surface area contributed by atoms with Gasteiger partial charge in [-0.05, 0) is 50.8 Å². The molecule has 0 aliphatic carbocycles. The molecule has 100 valence electrons. The minimum atomic E-state index is 0.803. The Morgan fingerprint density at radius 3 is 2.56 bits per heavy atom. The molecule has 2 heterocycles. The average molecular weight is 248 g/mol. The largest absolute Gasteiger partial charge is 0.354 e. The molecule has 1 saturated heterocycles. The van der Waals surface area contributed by atoms with Gasteiger partial charge in [-0.2, -0.15) is 0 Å². The lowest BCUT2D eigenvalue weighted by Gasteiger charge is -2.10. The zero-order valence-corrected chi connectivity index (χ0v) is 11.5. The van der Waals surface area contributed by atoms with Crippen molar-refractivity contribution >= 4 is 5.95 Å². The highest BCUT2D eigenvalue weighted by atomic mass is 15.1. The molecule has 4 heteroatoms. The van der Waals surface area contributed by atoms with Gasteiger partial charge in [0.1, 0.15) is 0 Å². The van der Waals surface area contributed by atoms with Gasteiger partial charge in [0.2, 0.25) is 5.95 Å². The Morgan fingerprint density at radius 2 is 2.00 bits per heavy atom. The van der Waals surface area contributed by atoms with E-state index in [2.05, 4.69) is 40.5 Å². The van der Waals surface area contributed by atoms with E-state index in [1.807, 2.05) is 0 Å². The molecule has 1 aliphatic rings. The number of hydrogen-bond donors (Lipinski definition) is 2. The van der Waals surface area contributed by atoms with Gasteiger partial charge in [-0.1, -0.05) is 13.8 Å². The van der Waals surface area contributed by atoms with E-state index in [0.717, 1.165) is 49.2 Å². The summed E-state index contributed by atoms with van der Waals surface area (Å²) in [6.07, 6.45) is 4.44. The number of hydrogen-bond acceptors (Lipinski definition) is 4. The van der Waals surface area contributed by atoms with E-state index in [0.29, 0.717) is 0 Å². The topological polar surface area (TPSA) is 49.8 Å². The molecule has 1 fully saturated rings. The molecular weight excluding hydrogens is 224 g/mol. The summed E-state index contributed by atoms with van der Waals surface area (Å²) < 4.78 is 0. The molecule has 0 radical (unpaired) electrons. The molecule has 2 N–H and O–H groups in total. The smallest absolute Gasteiger partial charge is 0.223 e. The molecule has 18 heavy (non-hydrogen) atoms. The molecular formula is C14H24N4. The first-order valence-corrected chi connectivity index (χ1v) is 7.13. The van der Waals surface area contributed by atoms with Crippen molar-refractivity contribution in [2.75, 3.05) is 25.0 Å². The van der Waals surface area contributed by atoms with Gasteiger partial charge in [-0.25, -0.2) is 9.97 Å². The van der Waals surface area contributed by atoms with Gasteiger partial charge in [0.25, 0.3) is 0 Å². The lowest BCUT2D eigenvalue weighted by atomic mass is 10.1. The highest BCUT2D eigenvalue weighted by Gasteiger charge is 2.13. The molecule has 2 rings (SSSR count). The Kier molecular flexibility index (Phi) is 4.93. The molecule has 0 saturated carbocycles. The van der Waals surface area contributed by atoms with Crippen LogP contribution in [0.15, 0.2) is 6.07 Å². The van der Waals surface area contributed by atoms with Crippen molar-refractivity contribution in [3.8, 4) is 0 Å². The standard InChI is InChI=1S/C14H24N4/c1-3-12-9-13(4-2)18-14(17-12)16-8-6-11-5-7-15-10-11/h9,11,15H,3-8,10H2,1-2H3,(H,16,17,18). The summed E-state index contributed by atoms with van der Waals surface area (Å²) >= 11 is 0. The lowest BCUT2D eigenvalue weighted by Crippen LogP contribution is -2.14. The Balaban J connectivity index is 1.87. The number of rotatable bonds is 6. The van der Waals surface area contributed by atoms with Crippen LogP contribution in [-0.2, 0) is 12.8 Å². The van der Waals surface area contributed by atoms with E-state index < -0.39 is 0 Å². The van der Waals surface area contributed by atoms with Crippen molar-refractivity contribution in [1.29, 1.82) is 0 Å². The van der Waals surface area contributed by atoms with E-state index in [1.165, 1.54) is 19.4 Å². The highest BCUT2D eigenvalue weighted by molar-refractivity contribution is 5.28. The molecule has 4 nitrogen and oxygen atoms in total. The fourth-order valence-electron chi connectivity index (χ4n) is 2.34. The second-order valence-electron chi connectivity index (χ2n) is 4.96. The summed E-state index contributed by atoms with van der Waals surface area (Å²) in [5.74, 6) is 1.62. The van der Waals surface area contributed by atoms with Crippen molar-refractivity contribution in [3.63, 3.8) is 0 Å². The highest BCUT2D eigenvalue weighted by Crippen LogP contribution is 2.12. The Hall–Kier alpha value is -1.16. The van der Waals surface area contributed by atoms with Crippen LogP contribution < -0.4 is 10.6 Å². The molecule has 0 aromatic carbocycles. The van der Waals surface area contributed by atoms with Crippen LogP contribution in [0.4, 0.5) is 5.95 Å². The number of anilines is 1. The second-order valence-corrected chi connectivity index (χ2v) is 4.96. The number of aryl methyl sites for hydroxylation is 2. The first-order valence-electron chi connectivity index (χ1n) is 7.13. The van der Waals surface area contributed by atoms with E-state index >= 15 is 0 Å². The predicted octanol–water partition coefficient (Wildman–Crippen LogP) is 2.01. The van der Waals surface area contributed by atoms with E-state index in [9.17, 15) is 0 Å². The second kappa shape index (κ2) is 6.69. The average Bonchev–Trinajstić information content (AvgIpc) is 2.91. The minimum Gasteiger partial charge on any atom is -0.354 e. The summed E-state index contributed by atoms with van der Waals surface area (Å²) in [6.45, 7) is 7.58. The number of nitrogens with one attached hydrogen (secondary N) is 2. The predicted molar refractivity (Wildman–Crippen MR) is 74.9 cm³/mol. The maximum absolute atomic E-state index is 4.53. The molecule has 0 spiro atoms. The fraction of sp³-hybridized carbons (Fsp3) is 0.714. The van der Waals surface area contributed by atoms with Crippen molar-refractivity contribution in [2.24, 2.45) is 5.92 Å². The van der Waals surface area contributed by atoms with Crippen LogP contribution in [0, 0.1) is 5.92 Å². The fourth-order valence-corrected chi connectivity index (χ4v) is 2.34. The van der Waals surface area contributed by atoms with Crippen molar-refractivity contribution < 1.29 is 0 Å². The first-order chi connectivity index (χ1) is 8.81. The van der Waals surface area contributed by atoms with Gasteiger partial charge in [0.15, 0.2) is 0 Å². The Labute approximate surface area is 110 Å². The van der Waals surface area contributed by atoms with E-state index in [1.54, 1.807) is 0 Å². The third-order valence-corrected chi connectivity index (χ3v) is 3.55. The van der Waals surface area contributed by atoms with Crippen molar-refractivity contribution in [1.82, 2.24) is 15.3 Å². The quantitative estimate of drug-likeness (QED) is 0.808. The SMILES string of the molecule is CCc1cc(CC)nc(NCCC2CCNC2)n1. The van der Waals surface area contributed by atoms with Gasteiger partial charge in [0.05, 0.1) is 0 Å². The summed E-state index contributed by atoms with van der Waals surface area (Å²) in [5, 5.41) is 6.77. The molecule has 1 atom stereocenters. The van der Waals surface area contributed by atoms with Crippen LogP contribution in [0.25, 0.3) is 0 Å². The van der Waals surface area contributed by atoms with Crippen LogP contribution in [0.2, 0.25) is 0 Å². The van der Waals surface area contributed by atoms with Gasteiger partial charge in [0, 0.05) is 17.9 Å². The number of nitrogens with zero attached hydrogens (tertiary/aromatic N) is 2. The number of aromatic nitrogens is 2. The maximum Gasteiger partial charge on any atom is 0.223 e.